The molecule has 0 aliphatic carbocycles. The minimum atomic E-state index is 0.842. The van der Waals surface area contributed by atoms with Crippen molar-refractivity contribution in [1.82, 2.24) is 0 Å². The van der Waals surface area contributed by atoms with Gasteiger partial charge in [0.05, 0.1) is 0 Å². The Bertz CT molecular complexity index is 354. The fourth-order valence-electron chi connectivity index (χ4n) is 1.50. The Hall–Kier alpha value is -0.678. The van der Waals surface area contributed by atoms with Crippen LogP contribution in [0.3, 0.4) is 0 Å². The van der Waals surface area contributed by atoms with Crippen molar-refractivity contribution < 1.29 is 20.6 Å². The summed E-state index contributed by atoms with van der Waals surface area (Å²) in [5, 5.41) is 0. The number of hydrogen-bond donors (Lipinski definition) is 0. The Morgan fingerprint density at radius 1 is 1.21 bits per heavy atom. The summed E-state index contributed by atoms with van der Waals surface area (Å²) in [6, 6.07) is 10.3. The maximum absolute atomic E-state index is 5.46. The number of hydrogen-bond acceptors (Lipinski definition) is 1. The van der Waals surface area contributed by atoms with Crippen LogP contribution in [-0.2, 0) is 20.6 Å². The van der Waals surface area contributed by atoms with Crippen LogP contribution in [0.25, 0.3) is 6.08 Å². The Morgan fingerprint density at radius 2 is 2.00 bits per heavy atom. The first-order valence-electron chi connectivity index (χ1n) is 4.79. The molecule has 2 rings (SSSR count). The van der Waals surface area contributed by atoms with Crippen LogP contribution < -0.4 is 0 Å². The van der Waals surface area contributed by atoms with Crippen LogP contribution in [0.4, 0.5) is 0 Å². The van der Waals surface area contributed by atoms with E-state index in [1.165, 1.54) is 11.1 Å². The van der Waals surface area contributed by atoms with Gasteiger partial charge in [-0.2, -0.15) is 0 Å². The maximum atomic E-state index is 5.46. The van der Waals surface area contributed by atoms with Crippen LogP contribution in [0.2, 0.25) is 0 Å². The zero-order valence-electron chi connectivity index (χ0n) is 7.90. The summed E-state index contributed by atoms with van der Waals surface area (Å²) < 4.78 is 6.41. The molecule has 14 heavy (non-hydrogen) atoms. The molecule has 1 saturated heterocycles. The second kappa shape index (κ2) is 4.71. The van der Waals surface area contributed by atoms with E-state index in [9.17, 15) is 0 Å². The summed E-state index contributed by atoms with van der Waals surface area (Å²) in [7, 11) is 0. The number of benzene rings is 1. The van der Waals surface area contributed by atoms with Crippen molar-refractivity contribution in [3.05, 3.63) is 41.5 Å². The second-order valence-corrected chi connectivity index (χ2v) is 3.90. The average molecular weight is 224 g/mol. The van der Waals surface area contributed by atoms with E-state index in [2.05, 4.69) is 46.2 Å². The van der Waals surface area contributed by atoms with Crippen molar-refractivity contribution in [2.24, 2.45) is 0 Å². The molecule has 1 aliphatic rings. The third kappa shape index (κ3) is 2.42. The molecule has 0 radical (unpaired) electrons. The molecule has 2 heteroatoms. The number of rotatable bonds is 1. The van der Waals surface area contributed by atoms with Gasteiger partial charge in [0.15, 0.2) is 0 Å². The SMILES string of the molecule is [Cr]=[C]1OCCC/C1=C\c1ccccc1. The molecular formula is C12H12CrO. The molecule has 72 valence electrons. The quantitative estimate of drug-likeness (QED) is 0.712. The molecule has 0 atom stereocenters. The van der Waals surface area contributed by atoms with Gasteiger partial charge in [-0.3, -0.25) is 0 Å². The van der Waals surface area contributed by atoms with Crippen LogP contribution in [0.1, 0.15) is 18.4 Å². The molecular weight excluding hydrogens is 212 g/mol. The molecule has 0 spiro atoms. The van der Waals surface area contributed by atoms with Crippen molar-refractivity contribution >= 4 is 10.6 Å². The Kier molecular flexibility index (Phi) is 3.31. The van der Waals surface area contributed by atoms with Gasteiger partial charge in [-0.1, -0.05) is 0 Å². The van der Waals surface area contributed by atoms with Crippen molar-refractivity contribution in [2.75, 3.05) is 6.61 Å². The van der Waals surface area contributed by atoms with Crippen molar-refractivity contribution in [3.8, 4) is 0 Å². The Balaban J connectivity index is 2.21. The molecule has 1 nitrogen and oxygen atoms in total. The van der Waals surface area contributed by atoms with Gasteiger partial charge in [-0.05, 0) is 0 Å². The predicted octanol–water partition coefficient (Wildman–Crippen LogP) is 2.56. The van der Waals surface area contributed by atoms with Gasteiger partial charge in [0.25, 0.3) is 0 Å². The summed E-state index contributed by atoms with van der Waals surface area (Å²) >= 11 is 2.98. The molecule has 0 unspecified atom stereocenters. The first kappa shape index (κ1) is 9.86. The van der Waals surface area contributed by atoms with E-state index in [0.29, 0.717) is 0 Å². The van der Waals surface area contributed by atoms with Crippen molar-refractivity contribution in [2.45, 2.75) is 12.8 Å². The predicted molar refractivity (Wildman–Crippen MR) is 54.6 cm³/mol. The third-order valence-corrected chi connectivity index (χ3v) is 2.82. The first-order valence-corrected chi connectivity index (χ1v) is 5.43. The summed E-state index contributed by atoms with van der Waals surface area (Å²) in [4.78, 5) is 0. The van der Waals surface area contributed by atoms with Crippen LogP contribution in [0.15, 0.2) is 35.9 Å². The van der Waals surface area contributed by atoms with Gasteiger partial charge in [-0.15, -0.1) is 0 Å². The number of ether oxygens (including phenoxy) is 1. The summed E-state index contributed by atoms with van der Waals surface area (Å²) in [5.74, 6) is 0. The van der Waals surface area contributed by atoms with Crippen LogP contribution in [-0.4, -0.2) is 11.2 Å². The molecule has 1 aromatic carbocycles. The van der Waals surface area contributed by atoms with Gasteiger partial charge >= 0.3 is 92.1 Å². The van der Waals surface area contributed by atoms with Crippen molar-refractivity contribution in [1.29, 1.82) is 0 Å². The standard InChI is InChI=1S/C12H12O.Cr/c1-2-5-11(6-3-1)9-12-7-4-8-13-10-12;/h1-3,5-6,9H,4,7-8H2;/b12-9+;. The van der Waals surface area contributed by atoms with Crippen LogP contribution >= 0.6 is 0 Å². The molecule has 0 aromatic heterocycles. The van der Waals surface area contributed by atoms with Gasteiger partial charge in [0, 0.05) is 0 Å². The Morgan fingerprint density at radius 3 is 2.71 bits per heavy atom. The zero-order valence-corrected chi connectivity index (χ0v) is 9.18. The van der Waals surface area contributed by atoms with E-state index in [1.54, 1.807) is 0 Å². The van der Waals surface area contributed by atoms with Crippen molar-refractivity contribution in [3.63, 3.8) is 0 Å². The second-order valence-electron chi connectivity index (χ2n) is 3.32. The van der Waals surface area contributed by atoms with E-state index in [4.69, 9.17) is 4.74 Å². The molecule has 0 N–H and O–H groups in total. The summed E-state index contributed by atoms with van der Waals surface area (Å²) in [6.45, 7) is 0.842. The molecule has 0 saturated carbocycles. The van der Waals surface area contributed by atoms with E-state index < -0.39 is 0 Å². The monoisotopic (exact) mass is 224 g/mol. The van der Waals surface area contributed by atoms with E-state index in [0.717, 1.165) is 24.0 Å². The van der Waals surface area contributed by atoms with Gasteiger partial charge in [0.1, 0.15) is 0 Å². The van der Waals surface area contributed by atoms with Crippen LogP contribution in [0.5, 0.6) is 0 Å². The summed E-state index contributed by atoms with van der Waals surface area (Å²) in [6.07, 6.45) is 4.41. The van der Waals surface area contributed by atoms with Gasteiger partial charge in [-0.25, -0.2) is 0 Å². The molecule has 0 amide bonds. The topological polar surface area (TPSA) is 9.23 Å². The minimum absolute atomic E-state index is 0.842. The molecule has 0 bridgehead atoms. The molecule has 1 aliphatic heterocycles. The van der Waals surface area contributed by atoms with E-state index >= 15 is 0 Å². The third-order valence-electron chi connectivity index (χ3n) is 2.23. The fourth-order valence-corrected chi connectivity index (χ4v) is 1.89. The van der Waals surface area contributed by atoms with E-state index in [-0.39, 0.29) is 0 Å². The average Bonchev–Trinajstić information content (AvgIpc) is 2.23. The summed E-state index contributed by atoms with van der Waals surface area (Å²) in [5.41, 5.74) is 2.52. The van der Waals surface area contributed by atoms with E-state index in [1.807, 2.05) is 6.07 Å². The first-order chi connectivity index (χ1) is 6.86. The van der Waals surface area contributed by atoms with Gasteiger partial charge in [0.2, 0.25) is 0 Å². The molecule has 1 heterocycles. The molecule has 1 fully saturated rings. The van der Waals surface area contributed by atoms with Gasteiger partial charge < -0.3 is 0 Å². The normalized spacial score (nSPS) is 20.0. The van der Waals surface area contributed by atoms with Crippen LogP contribution in [0, 0.1) is 0 Å². The molecule has 1 aromatic rings. The zero-order chi connectivity index (χ0) is 9.80. The fraction of sp³-hybridized carbons (Fsp3) is 0.250. The Labute approximate surface area is 92.4 Å².